The van der Waals surface area contributed by atoms with E-state index in [4.69, 9.17) is 5.21 Å². The topological polar surface area (TPSA) is 121 Å². The van der Waals surface area contributed by atoms with Gasteiger partial charge in [0.05, 0.1) is 19.3 Å². The summed E-state index contributed by atoms with van der Waals surface area (Å²) in [4.78, 5) is 23.6. The monoisotopic (exact) mass is 386 g/mol. The van der Waals surface area contributed by atoms with E-state index in [2.05, 4.69) is 20.9 Å². The van der Waals surface area contributed by atoms with Gasteiger partial charge in [-0.2, -0.15) is 0 Å². The third-order valence-electron chi connectivity index (χ3n) is 3.86. The molecule has 0 bridgehead atoms. The van der Waals surface area contributed by atoms with E-state index in [9.17, 15) is 9.59 Å². The summed E-state index contributed by atoms with van der Waals surface area (Å²) in [5.74, 6) is -0.480. The maximum Gasteiger partial charge on any atom is 0.315 e. The van der Waals surface area contributed by atoms with Gasteiger partial charge in [-0.25, -0.2) is 15.0 Å². The molecule has 0 aliphatic carbocycles. The Morgan fingerprint density at radius 2 is 2.00 bits per heavy atom. The molecular weight excluding hydrogens is 360 g/mol. The molecule has 1 aromatic carbocycles. The minimum Gasteiger partial charge on any atom is -0.332 e. The van der Waals surface area contributed by atoms with Crippen molar-refractivity contribution in [2.24, 2.45) is 5.92 Å². The molecule has 2 rings (SSSR count). The second-order valence-electron chi connectivity index (χ2n) is 6.73. The van der Waals surface area contributed by atoms with Gasteiger partial charge < -0.3 is 10.6 Å². The van der Waals surface area contributed by atoms with Gasteiger partial charge in [0.1, 0.15) is 11.7 Å². The first-order chi connectivity index (χ1) is 13.5. The Kier molecular flexibility index (Phi) is 8.16. The third kappa shape index (κ3) is 7.20. The van der Waals surface area contributed by atoms with Crippen molar-refractivity contribution in [3.8, 4) is 0 Å². The molecule has 0 radical (unpaired) electrons. The van der Waals surface area contributed by atoms with Gasteiger partial charge in [0.15, 0.2) is 0 Å². The van der Waals surface area contributed by atoms with Crippen LogP contribution in [0.2, 0.25) is 0 Å². The normalized spacial score (nSPS) is 12.1. The van der Waals surface area contributed by atoms with E-state index < -0.39 is 18.0 Å². The summed E-state index contributed by atoms with van der Waals surface area (Å²) in [6, 6.07) is 8.59. The lowest BCUT2D eigenvalue weighted by Gasteiger charge is -2.18. The van der Waals surface area contributed by atoms with Gasteiger partial charge in [-0.1, -0.05) is 61.5 Å². The highest BCUT2D eigenvalue weighted by Crippen LogP contribution is 2.05. The molecule has 0 aliphatic rings. The molecule has 9 heteroatoms. The van der Waals surface area contributed by atoms with Crippen LogP contribution in [0.25, 0.3) is 6.08 Å². The number of rotatable bonds is 9. The number of nitrogens with zero attached hydrogens (tertiary/aromatic N) is 3. The largest absolute Gasteiger partial charge is 0.332 e. The summed E-state index contributed by atoms with van der Waals surface area (Å²) in [5.41, 5.74) is 3.26. The van der Waals surface area contributed by atoms with Crippen LogP contribution in [0.4, 0.5) is 4.79 Å². The van der Waals surface area contributed by atoms with Gasteiger partial charge >= 0.3 is 6.03 Å². The number of allylic oxidation sites excluding steroid dienone is 1. The summed E-state index contributed by atoms with van der Waals surface area (Å²) in [5, 5.41) is 22.0. The maximum atomic E-state index is 12.0. The molecule has 28 heavy (non-hydrogen) atoms. The van der Waals surface area contributed by atoms with E-state index >= 15 is 0 Å². The van der Waals surface area contributed by atoms with Crippen LogP contribution >= 0.6 is 0 Å². The zero-order valence-electron chi connectivity index (χ0n) is 16.0. The molecule has 0 saturated heterocycles. The molecule has 150 valence electrons. The van der Waals surface area contributed by atoms with Crippen molar-refractivity contribution in [2.45, 2.75) is 39.4 Å². The maximum absolute atomic E-state index is 12.0. The number of nitrogens with one attached hydrogen (secondary N) is 3. The van der Waals surface area contributed by atoms with Gasteiger partial charge in [-0.3, -0.25) is 10.0 Å². The Hall–Kier alpha value is -3.20. The van der Waals surface area contributed by atoms with Crippen molar-refractivity contribution < 1.29 is 14.8 Å². The first-order valence-electron chi connectivity index (χ1n) is 9.07. The van der Waals surface area contributed by atoms with Crippen molar-refractivity contribution in [3.05, 3.63) is 53.9 Å². The van der Waals surface area contributed by atoms with E-state index in [-0.39, 0.29) is 12.5 Å². The van der Waals surface area contributed by atoms with Crippen molar-refractivity contribution in [2.75, 3.05) is 0 Å². The molecule has 4 N–H and O–H groups in total. The molecule has 2 aromatic rings. The van der Waals surface area contributed by atoms with Gasteiger partial charge in [0, 0.05) is 0 Å². The molecule has 0 aliphatic heterocycles. The number of hydrogen-bond acceptors (Lipinski definition) is 5. The Morgan fingerprint density at radius 3 is 2.68 bits per heavy atom. The molecular formula is C19H26N6O3. The van der Waals surface area contributed by atoms with Crippen LogP contribution in [-0.2, 0) is 17.9 Å². The van der Waals surface area contributed by atoms with Crippen LogP contribution in [0.1, 0.15) is 31.5 Å². The van der Waals surface area contributed by atoms with E-state index in [1.165, 1.54) is 0 Å². The van der Waals surface area contributed by atoms with Gasteiger partial charge in [-0.05, 0) is 17.9 Å². The number of aromatic nitrogens is 3. The number of urea groups is 1. The van der Waals surface area contributed by atoms with Crippen LogP contribution < -0.4 is 16.1 Å². The second-order valence-corrected chi connectivity index (χ2v) is 6.73. The average molecular weight is 386 g/mol. The molecule has 0 saturated carbocycles. The van der Waals surface area contributed by atoms with E-state index in [1.54, 1.807) is 16.4 Å². The molecule has 1 atom stereocenters. The summed E-state index contributed by atoms with van der Waals surface area (Å²) in [6.07, 6.45) is 6.11. The molecule has 1 heterocycles. The summed E-state index contributed by atoms with van der Waals surface area (Å²) in [7, 11) is 0. The number of hydrogen-bond donors (Lipinski definition) is 4. The van der Waals surface area contributed by atoms with Gasteiger partial charge in [0.2, 0.25) is 0 Å². The molecule has 0 spiro atoms. The van der Waals surface area contributed by atoms with Crippen LogP contribution in [0, 0.1) is 5.92 Å². The third-order valence-corrected chi connectivity index (χ3v) is 3.86. The number of amides is 3. The van der Waals surface area contributed by atoms with Crippen molar-refractivity contribution in [1.82, 2.24) is 31.1 Å². The lowest BCUT2D eigenvalue weighted by atomic mass is 10.0. The second kappa shape index (κ2) is 10.8. The minimum atomic E-state index is -0.816. The zero-order chi connectivity index (χ0) is 20.4. The number of benzene rings is 1. The first-order valence-corrected chi connectivity index (χ1v) is 9.07. The molecule has 3 amide bonds. The Balaban J connectivity index is 1.80. The van der Waals surface area contributed by atoms with E-state index in [0.29, 0.717) is 18.7 Å². The van der Waals surface area contributed by atoms with Crippen molar-refractivity contribution in [3.63, 3.8) is 0 Å². The number of carbonyl (C=O) groups excluding carboxylic acids is 2. The summed E-state index contributed by atoms with van der Waals surface area (Å²) < 4.78 is 1.66. The number of hydroxylamine groups is 1. The Labute approximate surface area is 163 Å². The highest BCUT2D eigenvalue weighted by Gasteiger charge is 2.21. The van der Waals surface area contributed by atoms with Crippen LogP contribution in [0.3, 0.4) is 0 Å². The Morgan fingerprint density at radius 1 is 1.25 bits per heavy atom. The fraction of sp³-hybridized carbons (Fsp3) is 0.368. The summed E-state index contributed by atoms with van der Waals surface area (Å²) >= 11 is 0. The average Bonchev–Trinajstić information content (AvgIpc) is 3.13. The van der Waals surface area contributed by atoms with Crippen LogP contribution in [0.15, 0.2) is 42.6 Å². The summed E-state index contributed by atoms with van der Waals surface area (Å²) in [6.45, 7) is 4.56. The zero-order valence-corrected chi connectivity index (χ0v) is 16.0. The molecule has 0 unspecified atom stereocenters. The Bertz CT molecular complexity index is 788. The predicted molar refractivity (Wildman–Crippen MR) is 104 cm³/mol. The molecule has 9 nitrogen and oxygen atoms in total. The van der Waals surface area contributed by atoms with Crippen molar-refractivity contribution in [1.29, 1.82) is 0 Å². The van der Waals surface area contributed by atoms with Crippen LogP contribution in [0.5, 0.6) is 0 Å². The van der Waals surface area contributed by atoms with E-state index in [1.807, 2.05) is 56.3 Å². The van der Waals surface area contributed by atoms with Crippen LogP contribution in [-0.4, -0.2) is 38.2 Å². The highest BCUT2D eigenvalue weighted by atomic mass is 16.5. The number of carbonyl (C=O) groups is 2. The fourth-order valence-electron chi connectivity index (χ4n) is 2.53. The SMILES string of the molecule is CC(C)C[C@H](NC(=O)NCc1cn(C/C=C/c2ccccc2)nn1)C(=O)NO. The van der Waals surface area contributed by atoms with Crippen molar-refractivity contribution >= 4 is 18.0 Å². The molecule has 1 aromatic heterocycles. The standard InChI is InChI=1S/C19H26N6O3/c1-14(2)11-17(18(26)23-28)21-19(27)20-12-16-13-25(24-22-16)10-6-9-15-7-4-3-5-8-15/h3-9,13-14,17,28H,10-12H2,1-2H3,(H,23,26)(H2,20,21,27)/b9-6+/t17-/m0/s1. The lowest BCUT2D eigenvalue weighted by Crippen LogP contribution is -2.49. The van der Waals surface area contributed by atoms with E-state index in [0.717, 1.165) is 5.56 Å². The predicted octanol–water partition coefficient (Wildman–Crippen LogP) is 1.71. The fourth-order valence-corrected chi connectivity index (χ4v) is 2.53. The van der Waals surface area contributed by atoms with Gasteiger partial charge in [0.25, 0.3) is 5.91 Å². The quantitative estimate of drug-likeness (QED) is 0.386. The minimum absolute atomic E-state index is 0.170. The van der Waals surface area contributed by atoms with Gasteiger partial charge in [-0.15, -0.1) is 5.10 Å². The first kappa shape index (κ1) is 21.1. The lowest BCUT2D eigenvalue weighted by molar-refractivity contribution is -0.131. The molecule has 0 fully saturated rings. The highest BCUT2D eigenvalue weighted by molar-refractivity contribution is 5.86. The smallest absolute Gasteiger partial charge is 0.315 e.